The van der Waals surface area contributed by atoms with Crippen molar-refractivity contribution in [3.8, 4) is 16.9 Å². The lowest BCUT2D eigenvalue weighted by molar-refractivity contribution is 0.415. The first-order valence-corrected chi connectivity index (χ1v) is 7.24. The van der Waals surface area contributed by atoms with Gasteiger partial charge in [-0.15, -0.1) is 0 Å². The molecule has 4 heteroatoms. The van der Waals surface area contributed by atoms with Gasteiger partial charge >= 0.3 is 0 Å². The second-order valence-electron chi connectivity index (χ2n) is 5.19. The molecule has 0 spiro atoms. The van der Waals surface area contributed by atoms with E-state index in [-0.39, 0.29) is 5.82 Å². The van der Waals surface area contributed by atoms with Crippen LogP contribution in [-0.4, -0.2) is 13.2 Å². The van der Waals surface area contributed by atoms with E-state index >= 15 is 0 Å². The molecule has 0 aliphatic rings. The van der Waals surface area contributed by atoms with Gasteiger partial charge in [-0.1, -0.05) is 43.6 Å². The van der Waals surface area contributed by atoms with Gasteiger partial charge in [-0.3, -0.25) is 0 Å². The van der Waals surface area contributed by atoms with Crippen molar-refractivity contribution in [1.82, 2.24) is 5.32 Å². The number of rotatable bonds is 5. The van der Waals surface area contributed by atoms with E-state index in [0.29, 0.717) is 28.9 Å². The quantitative estimate of drug-likeness (QED) is 0.868. The summed E-state index contributed by atoms with van der Waals surface area (Å²) in [6.07, 6.45) is 0. The topological polar surface area (TPSA) is 21.3 Å². The van der Waals surface area contributed by atoms with Crippen LogP contribution in [0.4, 0.5) is 4.39 Å². The molecule has 0 aliphatic heterocycles. The van der Waals surface area contributed by atoms with Gasteiger partial charge in [0.25, 0.3) is 0 Å². The van der Waals surface area contributed by atoms with Gasteiger partial charge in [0.05, 0.1) is 12.1 Å². The third-order valence-corrected chi connectivity index (χ3v) is 3.55. The minimum atomic E-state index is -0.213. The average Bonchev–Trinajstić information content (AvgIpc) is 2.46. The molecule has 0 fully saturated rings. The molecule has 0 atom stereocenters. The number of hydrogen-bond acceptors (Lipinski definition) is 2. The normalized spacial score (nSPS) is 11.0. The van der Waals surface area contributed by atoms with E-state index in [0.717, 1.165) is 11.1 Å². The molecule has 112 valence electrons. The third kappa shape index (κ3) is 3.96. The maximum atomic E-state index is 14.2. The van der Waals surface area contributed by atoms with Crippen LogP contribution in [0.3, 0.4) is 0 Å². The van der Waals surface area contributed by atoms with E-state index in [1.54, 1.807) is 25.3 Å². The monoisotopic (exact) mass is 307 g/mol. The molecule has 0 radical (unpaired) electrons. The van der Waals surface area contributed by atoms with E-state index in [1.165, 1.54) is 0 Å². The number of benzene rings is 2. The summed E-state index contributed by atoms with van der Waals surface area (Å²) in [7, 11) is 1.56. The fourth-order valence-electron chi connectivity index (χ4n) is 2.02. The molecule has 0 heterocycles. The van der Waals surface area contributed by atoms with Gasteiger partial charge in [0.2, 0.25) is 0 Å². The lowest BCUT2D eigenvalue weighted by atomic mass is 10.0. The minimum absolute atomic E-state index is 0.213. The highest BCUT2D eigenvalue weighted by molar-refractivity contribution is 6.32. The molecule has 2 aromatic carbocycles. The minimum Gasteiger partial charge on any atom is -0.495 e. The lowest BCUT2D eigenvalue weighted by Gasteiger charge is -2.11. The molecular weight excluding hydrogens is 289 g/mol. The van der Waals surface area contributed by atoms with Gasteiger partial charge in [-0.2, -0.15) is 0 Å². The van der Waals surface area contributed by atoms with Crippen LogP contribution < -0.4 is 10.1 Å². The van der Waals surface area contributed by atoms with Crippen molar-refractivity contribution in [2.24, 2.45) is 0 Å². The zero-order chi connectivity index (χ0) is 15.4. The summed E-state index contributed by atoms with van der Waals surface area (Å²) in [4.78, 5) is 0. The Bertz CT molecular complexity index is 628. The Morgan fingerprint density at radius 2 is 1.81 bits per heavy atom. The Labute approximate surface area is 129 Å². The first-order chi connectivity index (χ1) is 10.0. The molecule has 0 bridgehead atoms. The van der Waals surface area contributed by atoms with Crippen molar-refractivity contribution in [2.75, 3.05) is 7.11 Å². The van der Waals surface area contributed by atoms with Crippen molar-refractivity contribution >= 4 is 11.6 Å². The first kappa shape index (κ1) is 15.8. The van der Waals surface area contributed by atoms with Gasteiger partial charge in [0, 0.05) is 18.2 Å². The summed E-state index contributed by atoms with van der Waals surface area (Å²) in [5, 5.41) is 3.75. The van der Waals surface area contributed by atoms with Crippen LogP contribution in [0.15, 0.2) is 36.4 Å². The van der Waals surface area contributed by atoms with Crippen molar-refractivity contribution in [3.63, 3.8) is 0 Å². The van der Waals surface area contributed by atoms with Gasteiger partial charge in [-0.05, 0) is 29.3 Å². The lowest BCUT2D eigenvalue weighted by Crippen LogP contribution is -2.22. The van der Waals surface area contributed by atoms with Gasteiger partial charge in [0.1, 0.15) is 11.6 Å². The molecular formula is C17H19ClFNO. The molecule has 0 unspecified atom stereocenters. The van der Waals surface area contributed by atoms with Crippen LogP contribution in [0.5, 0.6) is 5.75 Å². The number of hydrogen-bond donors (Lipinski definition) is 1. The molecule has 21 heavy (non-hydrogen) atoms. The molecule has 0 saturated carbocycles. The van der Waals surface area contributed by atoms with E-state index in [1.807, 2.05) is 32.0 Å². The summed E-state index contributed by atoms with van der Waals surface area (Å²) in [6, 6.07) is 11.0. The van der Waals surface area contributed by atoms with E-state index < -0.39 is 0 Å². The molecule has 0 saturated heterocycles. The Hall–Kier alpha value is -1.58. The van der Waals surface area contributed by atoms with E-state index in [9.17, 15) is 4.39 Å². The Kier molecular flexibility index (Phi) is 5.21. The van der Waals surface area contributed by atoms with E-state index in [4.69, 9.17) is 16.3 Å². The van der Waals surface area contributed by atoms with Gasteiger partial charge in [0.15, 0.2) is 0 Å². The number of methoxy groups -OCH3 is 1. The number of ether oxygens (including phenoxy) is 1. The molecule has 2 rings (SSSR count). The SMILES string of the molecule is COc1cc(-c2ccc(CNC(C)C)c(F)c2)ccc1Cl. The van der Waals surface area contributed by atoms with Gasteiger partial charge in [-0.25, -0.2) is 4.39 Å². The Morgan fingerprint density at radius 1 is 1.14 bits per heavy atom. The summed E-state index contributed by atoms with van der Waals surface area (Å²) in [5.74, 6) is 0.370. The molecule has 2 aromatic rings. The number of halogens is 2. The molecule has 1 N–H and O–H groups in total. The third-order valence-electron chi connectivity index (χ3n) is 3.24. The van der Waals surface area contributed by atoms with Crippen LogP contribution in [0, 0.1) is 5.82 Å². The maximum absolute atomic E-state index is 14.2. The molecule has 2 nitrogen and oxygen atoms in total. The Balaban J connectivity index is 2.27. The maximum Gasteiger partial charge on any atom is 0.138 e. The van der Waals surface area contributed by atoms with Crippen LogP contribution >= 0.6 is 11.6 Å². The van der Waals surface area contributed by atoms with Gasteiger partial charge < -0.3 is 10.1 Å². The highest BCUT2D eigenvalue weighted by Crippen LogP contribution is 2.31. The molecule has 0 aromatic heterocycles. The Morgan fingerprint density at radius 3 is 2.43 bits per heavy atom. The second-order valence-corrected chi connectivity index (χ2v) is 5.60. The summed E-state index contributed by atoms with van der Waals surface area (Å²) < 4.78 is 19.3. The molecule has 0 amide bonds. The largest absolute Gasteiger partial charge is 0.495 e. The zero-order valence-corrected chi connectivity index (χ0v) is 13.2. The smallest absolute Gasteiger partial charge is 0.138 e. The summed E-state index contributed by atoms with van der Waals surface area (Å²) in [6.45, 7) is 4.59. The van der Waals surface area contributed by atoms with Crippen LogP contribution in [0.2, 0.25) is 5.02 Å². The van der Waals surface area contributed by atoms with Crippen LogP contribution in [0.1, 0.15) is 19.4 Å². The van der Waals surface area contributed by atoms with Crippen LogP contribution in [-0.2, 0) is 6.54 Å². The van der Waals surface area contributed by atoms with Crippen LogP contribution in [0.25, 0.3) is 11.1 Å². The summed E-state index contributed by atoms with van der Waals surface area (Å²) >= 11 is 6.00. The van der Waals surface area contributed by atoms with Crippen molar-refractivity contribution in [1.29, 1.82) is 0 Å². The van der Waals surface area contributed by atoms with Crippen molar-refractivity contribution in [3.05, 3.63) is 52.8 Å². The molecule has 0 aliphatic carbocycles. The summed E-state index contributed by atoms with van der Waals surface area (Å²) in [5.41, 5.74) is 2.34. The predicted octanol–water partition coefficient (Wildman–Crippen LogP) is 4.65. The second kappa shape index (κ2) is 6.92. The fourth-order valence-corrected chi connectivity index (χ4v) is 2.22. The fraction of sp³-hybridized carbons (Fsp3) is 0.294. The number of nitrogens with one attached hydrogen (secondary N) is 1. The van der Waals surface area contributed by atoms with Crippen molar-refractivity contribution in [2.45, 2.75) is 26.4 Å². The zero-order valence-electron chi connectivity index (χ0n) is 12.4. The highest BCUT2D eigenvalue weighted by atomic mass is 35.5. The highest BCUT2D eigenvalue weighted by Gasteiger charge is 2.08. The first-order valence-electron chi connectivity index (χ1n) is 6.87. The standard InChI is InChI=1S/C17H19ClFNO/c1-11(2)20-10-14-5-4-12(8-16(14)19)13-6-7-15(18)17(9-13)21-3/h4-9,11,20H,10H2,1-3H3. The average molecular weight is 308 g/mol. The van der Waals surface area contributed by atoms with E-state index in [2.05, 4.69) is 5.32 Å². The predicted molar refractivity (Wildman–Crippen MR) is 85.4 cm³/mol. The van der Waals surface area contributed by atoms with Crippen molar-refractivity contribution < 1.29 is 9.13 Å².